The monoisotopic (exact) mass is 318 g/mol. The van der Waals surface area contributed by atoms with Gasteiger partial charge >= 0.3 is 0 Å². The summed E-state index contributed by atoms with van der Waals surface area (Å²) in [5, 5.41) is 4.13. The quantitative estimate of drug-likeness (QED) is 0.603. The number of nitrogens with one attached hydrogen (secondary N) is 1. The number of alkyl halides is 1. The molecule has 3 nitrogen and oxygen atoms in total. The predicted octanol–water partition coefficient (Wildman–Crippen LogP) is 2.79. The number of carbonyl (C=O) groups excluding carboxylic acids is 1. The molecule has 0 spiro atoms. The Morgan fingerprint density at radius 1 is 1.28 bits per heavy atom. The van der Waals surface area contributed by atoms with Crippen LogP contribution < -0.4 is 5.32 Å². The Bertz CT molecular complexity index is 236. The molecule has 0 aromatic heterocycles. The Hall–Kier alpha value is -0.0900. The summed E-state index contributed by atoms with van der Waals surface area (Å²) in [5.74, 6) is 0.737. The van der Waals surface area contributed by atoms with Gasteiger partial charge in [0.15, 0.2) is 0 Å². The number of carbonyl (C=O) groups is 1. The molecule has 1 unspecified atom stereocenters. The number of rotatable bonds is 6. The first-order valence-electron chi connectivity index (χ1n) is 7.27. The van der Waals surface area contributed by atoms with Gasteiger partial charge in [-0.15, -0.1) is 0 Å². The number of nitrogens with zero attached hydrogens (tertiary/aromatic N) is 1. The highest BCUT2D eigenvalue weighted by Gasteiger charge is 2.14. The third kappa shape index (κ3) is 7.37. The van der Waals surface area contributed by atoms with Crippen molar-refractivity contribution in [1.82, 2.24) is 10.2 Å². The average Bonchev–Trinajstić information content (AvgIpc) is 2.41. The Labute approximate surface area is 120 Å². The lowest BCUT2D eigenvalue weighted by molar-refractivity contribution is -0.121. The third-order valence-corrected chi connectivity index (χ3v) is 4.14. The van der Waals surface area contributed by atoms with Crippen molar-refractivity contribution in [2.75, 3.05) is 31.5 Å². The van der Waals surface area contributed by atoms with Crippen LogP contribution in [0, 0.1) is 5.92 Å². The molecule has 0 aromatic rings. The van der Waals surface area contributed by atoms with E-state index in [1.165, 1.54) is 32.2 Å². The summed E-state index contributed by atoms with van der Waals surface area (Å²) in [6.45, 7) is 6.34. The van der Waals surface area contributed by atoms with Crippen LogP contribution in [0.15, 0.2) is 0 Å². The van der Waals surface area contributed by atoms with Crippen LogP contribution in [0.3, 0.4) is 0 Å². The molecule has 1 amide bonds. The molecule has 1 N–H and O–H groups in total. The second-order valence-electron chi connectivity index (χ2n) is 5.39. The third-order valence-electron chi connectivity index (χ3n) is 3.58. The summed E-state index contributed by atoms with van der Waals surface area (Å²) in [6, 6.07) is 0. The summed E-state index contributed by atoms with van der Waals surface area (Å²) in [4.78, 5) is 14.0. The fraction of sp³-hybridized carbons (Fsp3) is 0.929. The lowest BCUT2D eigenvalue weighted by Gasteiger charge is -2.22. The molecule has 0 aromatic carbocycles. The van der Waals surface area contributed by atoms with Gasteiger partial charge < -0.3 is 10.2 Å². The summed E-state index contributed by atoms with van der Waals surface area (Å²) < 4.78 is 0. The molecular weight excluding hydrogens is 292 g/mol. The molecule has 0 aliphatic carbocycles. The van der Waals surface area contributed by atoms with Gasteiger partial charge in [0.2, 0.25) is 5.91 Å². The summed E-state index contributed by atoms with van der Waals surface area (Å²) in [7, 11) is 0. The second-order valence-corrected chi connectivity index (χ2v) is 6.19. The van der Waals surface area contributed by atoms with Crippen molar-refractivity contribution in [1.29, 1.82) is 0 Å². The lowest BCUT2D eigenvalue weighted by Crippen LogP contribution is -2.34. The molecule has 1 atom stereocenters. The molecule has 1 saturated heterocycles. The van der Waals surface area contributed by atoms with E-state index in [4.69, 9.17) is 0 Å². The molecule has 0 radical (unpaired) electrons. The summed E-state index contributed by atoms with van der Waals surface area (Å²) in [6.07, 6.45) is 7.06. The summed E-state index contributed by atoms with van der Waals surface area (Å²) >= 11 is 3.47. The SMILES string of the molecule is CC1CCN(CCCCCCBr)CCNC(=O)C1. The van der Waals surface area contributed by atoms with Crippen molar-refractivity contribution in [3.63, 3.8) is 0 Å². The van der Waals surface area contributed by atoms with Crippen molar-refractivity contribution in [2.45, 2.75) is 45.4 Å². The van der Waals surface area contributed by atoms with E-state index < -0.39 is 0 Å². The molecule has 4 heteroatoms. The molecule has 1 fully saturated rings. The molecule has 1 aliphatic rings. The van der Waals surface area contributed by atoms with Gasteiger partial charge in [-0.1, -0.05) is 35.7 Å². The van der Waals surface area contributed by atoms with Gasteiger partial charge in [0.25, 0.3) is 0 Å². The van der Waals surface area contributed by atoms with Crippen LogP contribution in [-0.2, 0) is 4.79 Å². The van der Waals surface area contributed by atoms with Crippen molar-refractivity contribution in [3.05, 3.63) is 0 Å². The van der Waals surface area contributed by atoms with E-state index >= 15 is 0 Å². The maximum atomic E-state index is 11.5. The van der Waals surface area contributed by atoms with Crippen LogP contribution in [-0.4, -0.2) is 42.3 Å². The predicted molar refractivity (Wildman–Crippen MR) is 80.1 cm³/mol. The summed E-state index contributed by atoms with van der Waals surface area (Å²) in [5.41, 5.74) is 0. The van der Waals surface area contributed by atoms with Gasteiger partial charge in [0, 0.05) is 24.8 Å². The van der Waals surface area contributed by atoms with Crippen LogP contribution in [0.1, 0.15) is 45.4 Å². The smallest absolute Gasteiger partial charge is 0.220 e. The molecule has 0 saturated carbocycles. The topological polar surface area (TPSA) is 32.3 Å². The second kappa shape index (κ2) is 9.79. The number of halogens is 1. The largest absolute Gasteiger partial charge is 0.355 e. The highest BCUT2D eigenvalue weighted by molar-refractivity contribution is 9.09. The molecule has 1 rings (SSSR count). The minimum absolute atomic E-state index is 0.224. The van der Waals surface area contributed by atoms with Gasteiger partial charge in [-0.25, -0.2) is 0 Å². The maximum Gasteiger partial charge on any atom is 0.220 e. The molecule has 18 heavy (non-hydrogen) atoms. The fourth-order valence-corrected chi connectivity index (χ4v) is 2.76. The van der Waals surface area contributed by atoms with Gasteiger partial charge in [-0.05, 0) is 38.3 Å². The Morgan fingerprint density at radius 3 is 2.83 bits per heavy atom. The van der Waals surface area contributed by atoms with Crippen molar-refractivity contribution in [2.24, 2.45) is 5.92 Å². The zero-order valence-electron chi connectivity index (χ0n) is 11.6. The van der Waals surface area contributed by atoms with Crippen LogP contribution in [0.25, 0.3) is 0 Å². The Kier molecular flexibility index (Phi) is 8.68. The molecule has 1 heterocycles. The standard InChI is InChI=1S/C14H27BrN2O/c1-13-6-10-17(9-5-3-2-4-7-15)11-8-16-14(18)12-13/h13H,2-12H2,1H3,(H,16,18). The van der Waals surface area contributed by atoms with Crippen molar-refractivity contribution < 1.29 is 4.79 Å². The first kappa shape index (κ1) is 16.0. The molecular formula is C14H27BrN2O. The molecule has 0 bridgehead atoms. The van der Waals surface area contributed by atoms with Gasteiger partial charge in [0.05, 0.1) is 0 Å². The average molecular weight is 319 g/mol. The van der Waals surface area contributed by atoms with Crippen LogP contribution in [0.5, 0.6) is 0 Å². The van der Waals surface area contributed by atoms with Crippen LogP contribution >= 0.6 is 15.9 Å². The highest BCUT2D eigenvalue weighted by Crippen LogP contribution is 2.11. The number of hydrogen-bond acceptors (Lipinski definition) is 2. The van der Waals surface area contributed by atoms with Crippen LogP contribution in [0.2, 0.25) is 0 Å². The highest BCUT2D eigenvalue weighted by atomic mass is 79.9. The zero-order chi connectivity index (χ0) is 13.2. The van der Waals surface area contributed by atoms with E-state index in [9.17, 15) is 4.79 Å². The molecule has 1 aliphatic heterocycles. The van der Waals surface area contributed by atoms with Crippen LogP contribution in [0.4, 0.5) is 0 Å². The maximum absolute atomic E-state index is 11.5. The number of amides is 1. The van der Waals surface area contributed by atoms with Crippen molar-refractivity contribution >= 4 is 21.8 Å². The zero-order valence-corrected chi connectivity index (χ0v) is 13.2. The first-order valence-corrected chi connectivity index (χ1v) is 8.39. The van der Waals surface area contributed by atoms with E-state index in [-0.39, 0.29) is 5.91 Å². The van der Waals surface area contributed by atoms with E-state index in [2.05, 4.69) is 33.1 Å². The normalized spacial score (nSPS) is 23.0. The van der Waals surface area contributed by atoms with Gasteiger partial charge in [0.1, 0.15) is 0 Å². The lowest BCUT2D eigenvalue weighted by atomic mass is 10.0. The van der Waals surface area contributed by atoms with Gasteiger partial charge in [-0.3, -0.25) is 4.79 Å². The van der Waals surface area contributed by atoms with Gasteiger partial charge in [-0.2, -0.15) is 0 Å². The van der Waals surface area contributed by atoms with E-state index in [0.29, 0.717) is 12.3 Å². The minimum atomic E-state index is 0.224. The van der Waals surface area contributed by atoms with E-state index in [1.54, 1.807) is 0 Å². The number of hydrogen-bond donors (Lipinski definition) is 1. The molecule has 106 valence electrons. The van der Waals surface area contributed by atoms with Crippen molar-refractivity contribution in [3.8, 4) is 0 Å². The first-order chi connectivity index (χ1) is 8.72. The van der Waals surface area contributed by atoms with E-state index in [0.717, 1.165) is 31.4 Å². The Balaban J connectivity index is 2.20. The Morgan fingerprint density at radius 2 is 2.06 bits per heavy atom. The van der Waals surface area contributed by atoms with E-state index in [1.807, 2.05) is 0 Å². The fourth-order valence-electron chi connectivity index (χ4n) is 2.37. The minimum Gasteiger partial charge on any atom is -0.355 e. The number of unbranched alkanes of at least 4 members (excludes halogenated alkanes) is 3.